The maximum Gasteiger partial charge on any atom is 0.264 e. The number of hydrogen-bond donors (Lipinski definition) is 2. The van der Waals surface area contributed by atoms with E-state index in [9.17, 15) is 9.18 Å². The lowest BCUT2D eigenvalue weighted by molar-refractivity contribution is 0.0824. The molecule has 0 unspecified atom stereocenters. The van der Waals surface area contributed by atoms with Crippen molar-refractivity contribution < 1.29 is 13.9 Å². The van der Waals surface area contributed by atoms with Gasteiger partial charge in [-0.3, -0.25) is 4.79 Å². The van der Waals surface area contributed by atoms with Gasteiger partial charge in [-0.05, 0) is 26.0 Å². The molecule has 1 aromatic carbocycles. The molecular formula is C14H17FN2O2S. The molecule has 20 heavy (non-hydrogen) atoms. The van der Waals surface area contributed by atoms with E-state index in [2.05, 4.69) is 5.32 Å². The number of halogens is 1. The number of benzene rings is 1. The molecule has 2 aromatic rings. The van der Waals surface area contributed by atoms with Crippen molar-refractivity contribution in [1.29, 1.82) is 0 Å². The first kappa shape index (κ1) is 14.7. The van der Waals surface area contributed by atoms with Gasteiger partial charge < -0.3 is 15.8 Å². The molecule has 0 aliphatic carbocycles. The lowest BCUT2D eigenvalue weighted by Gasteiger charge is -2.24. The van der Waals surface area contributed by atoms with Crippen LogP contribution in [0, 0.1) is 5.82 Å². The van der Waals surface area contributed by atoms with Crippen LogP contribution in [0.25, 0.3) is 10.1 Å². The summed E-state index contributed by atoms with van der Waals surface area (Å²) in [6.07, 6.45) is 0. The standard InChI is InChI=1S/C14H17FN2O2S/c1-14(2,7-19-3)17-13(18)12-11(16)10-8(15)5-4-6-9(10)20-12/h4-6H,7,16H2,1-3H3,(H,17,18). The molecule has 0 spiro atoms. The van der Waals surface area contributed by atoms with Crippen LogP contribution in [0.3, 0.4) is 0 Å². The first-order valence-corrected chi connectivity index (χ1v) is 6.95. The van der Waals surface area contributed by atoms with E-state index in [4.69, 9.17) is 10.5 Å². The molecule has 0 fully saturated rings. The van der Waals surface area contributed by atoms with E-state index >= 15 is 0 Å². The van der Waals surface area contributed by atoms with Gasteiger partial charge in [0.15, 0.2) is 0 Å². The van der Waals surface area contributed by atoms with Crippen molar-refractivity contribution >= 4 is 33.0 Å². The fraction of sp³-hybridized carbons (Fsp3) is 0.357. The second-order valence-electron chi connectivity index (χ2n) is 5.23. The van der Waals surface area contributed by atoms with Crippen LogP contribution in [0.15, 0.2) is 18.2 Å². The van der Waals surface area contributed by atoms with E-state index in [0.717, 1.165) is 0 Å². The third kappa shape index (κ3) is 2.76. The van der Waals surface area contributed by atoms with Crippen molar-refractivity contribution in [2.75, 3.05) is 19.5 Å². The molecule has 0 saturated carbocycles. The SMILES string of the molecule is COCC(C)(C)NC(=O)c1sc2cccc(F)c2c1N. The number of nitrogens with one attached hydrogen (secondary N) is 1. The van der Waals surface area contributed by atoms with E-state index in [1.807, 2.05) is 13.8 Å². The van der Waals surface area contributed by atoms with Crippen LogP contribution in [0.1, 0.15) is 23.5 Å². The summed E-state index contributed by atoms with van der Waals surface area (Å²) in [6, 6.07) is 4.68. The molecule has 1 amide bonds. The minimum absolute atomic E-state index is 0.189. The monoisotopic (exact) mass is 296 g/mol. The highest BCUT2D eigenvalue weighted by atomic mass is 32.1. The van der Waals surface area contributed by atoms with E-state index in [0.29, 0.717) is 21.6 Å². The molecule has 3 N–H and O–H groups in total. The average Bonchev–Trinajstić information content (AvgIpc) is 2.67. The van der Waals surface area contributed by atoms with E-state index in [-0.39, 0.29) is 11.6 Å². The predicted octanol–water partition coefficient (Wildman–Crippen LogP) is 2.78. The van der Waals surface area contributed by atoms with Crippen molar-refractivity contribution in [3.63, 3.8) is 0 Å². The lowest BCUT2D eigenvalue weighted by Crippen LogP contribution is -2.46. The number of fused-ring (bicyclic) bond motifs is 1. The van der Waals surface area contributed by atoms with E-state index < -0.39 is 11.4 Å². The number of amides is 1. The van der Waals surface area contributed by atoms with Crippen LogP contribution in [0.2, 0.25) is 0 Å². The van der Waals surface area contributed by atoms with Crippen molar-refractivity contribution in [2.24, 2.45) is 0 Å². The third-order valence-corrected chi connectivity index (χ3v) is 4.03. The highest BCUT2D eigenvalue weighted by Gasteiger charge is 2.25. The number of anilines is 1. The first-order valence-electron chi connectivity index (χ1n) is 6.13. The van der Waals surface area contributed by atoms with Gasteiger partial charge in [-0.25, -0.2) is 4.39 Å². The zero-order valence-electron chi connectivity index (χ0n) is 11.6. The van der Waals surface area contributed by atoms with Crippen molar-refractivity contribution in [2.45, 2.75) is 19.4 Å². The van der Waals surface area contributed by atoms with Crippen LogP contribution >= 0.6 is 11.3 Å². The molecule has 0 radical (unpaired) electrons. The molecular weight excluding hydrogens is 279 g/mol. The number of ether oxygens (including phenoxy) is 1. The van der Waals surface area contributed by atoms with Crippen molar-refractivity contribution in [3.05, 3.63) is 28.9 Å². The lowest BCUT2D eigenvalue weighted by atomic mass is 10.1. The maximum absolute atomic E-state index is 13.8. The molecule has 0 atom stereocenters. The second-order valence-corrected chi connectivity index (χ2v) is 6.28. The Morgan fingerprint density at radius 3 is 2.80 bits per heavy atom. The largest absolute Gasteiger partial charge is 0.397 e. The van der Waals surface area contributed by atoms with Crippen LogP contribution in [0.4, 0.5) is 10.1 Å². The average molecular weight is 296 g/mol. The molecule has 1 aromatic heterocycles. The summed E-state index contributed by atoms with van der Waals surface area (Å²) < 4.78 is 19.5. The quantitative estimate of drug-likeness (QED) is 0.912. The Morgan fingerprint density at radius 2 is 2.20 bits per heavy atom. The minimum atomic E-state index is -0.521. The van der Waals surface area contributed by atoms with Gasteiger partial charge in [0.2, 0.25) is 0 Å². The van der Waals surface area contributed by atoms with E-state index in [1.54, 1.807) is 19.2 Å². The molecule has 108 valence electrons. The second kappa shape index (κ2) is 5.38. The molecule has 6 heteroatoms. The summed E-state index contributed by atoms with van der Waals surface area (Å²) in [4.78, 5) is 12.6. The van der Waals surface area contributed by atoms with Gasteiger partial charge in [0.25, 0.3) is 5.91 Å². The van der Waals surface area contributed by atoms with Crippen molar-refractivity contribution in [3.8, 4) is 0 Å². The number of rotatable bonds is 4. The fourth-order valence-electron chi connectivity index (χ4n) is 2.06. The molecule has 4 nitrogen and oxygen atoms in total. The Bertz CT molecular complexity index is 652. The molecule has 2 rings (SSSR count). The summed E-state index contributed by atoms with van der Waals surface area (Å²) in [5.41, 5.74) is 5.58. The number of nitrogens with two attached hydrogens (primary N) is 1. The van der Waals surface area contributed by atoms with Gasteiger partial charge in [-0.15, -0.1) is 11.3 Å². The molecule has 0 aliphatic rings. The van der Waals surface area contributed by atoms with Gasteiger partial charge >= 0.3 is 0 Å². The number of carbonyl (C=O) groups excluding carboxylic acids is 1. The maximum atomic E-state index is 13.8. The Kier molecular flexibility index (Phi) is 3.96. The van der Waals surface area contributed by atoms with Crippen LogP contribution < -0.4 is 11.1 Å². The first-order chi connectivity index (χ1) is 9.35. The number of methoxy groups -OCH3 is 1. The predicted molar refractivity (Wildman–Crippen MR) is 79.6 cm³/mol. The smallest absolute Gasteiger partial charge is 0.264 e. The number of hydrogen-bond acceptors (Lipinski definition) is 4. The highest BCUT2D eigenvalue weighted by Crippen LogP contribution is 2.35. The summed E-state index contributed by atoms with van der Waals surface area (Å²) in [5.74, 6) is -0.725. The topological polar surface area (TPSA) is 64.3 Å². The highest BCUT2D eigenvalue weighted by molar-refractivity contribution is 7.21. The van der Waals surface area contributed by atoms with Crippen LogP contribution in [-0.4, -0.2) is 25.2 Å². The van der Waals surface area contributed by atoms with Gasteiger partial charge in [0.05, 0.1) is 23.2 Å². The van der Waals surface area contributed by atoms with Gasteiger partial charge in [-0.2, -0.15) is 0 Å². The van der Waals surface area contributed by atoms with E-state index in [1.165, 1.54) is 17.4 Å². The molecule has 0 aliphatic heterocycles. The normalized spacial score (nSPS) is 11.8. The van der Waals surface area contributed by atoms with Gasteiger partial charge in [0.1, 0.15) is 10.7 Å². The Morgan fingerprint density at radius 1 is 1.50 bits per heavy atom. The van der Waals surface area contributed by atoms with Gasteiger partial charge in [0, 0.05) is 11.8 Å². The summed E-state index contributed by atoms with van der Waals surface area (Å²) in [5, 5.41) is 3.15. The molecule has 0 bridgehead atoms. The fourth-order valence-corrected chi connectivity index (χ4v) is 3.09. The number of nitrogen functional groups attached to an aromatic ring is 1. The van der Waals surface area contributed by atoms with Crippen LogP contribution in [-0.2, 0) is 4.74 Å². The summed E-state index contributed by atoms with van der Waals surface area (Å²) >= 11 is 1.19. The van der Waals surface area contributed by atoms with Crippen LogP contribution in [0.5, 0.6) is 0 Å². The number of thiophene rings is 1. The van der Waals surface area contributed by atoms with Crippen molar-refractivity contribution in [1.82, 2.24) is 5.32 Å². The zero-order chi connectivity index (χ0) is 14.9. The zero-order valence-corrected chi connectivity index (χ0v) is 12.4. The van der Waals surface area contributed by atoms with Gasteiger partial charge in [-0.1, -0.05) is 6.07 Å². The Balaban J connectivity index is 2.36. The molecule has 0 saturated heterocycles. The molecule has 1 heterocycles. The summed E-state index contributed by atoms with van der Waals surface area (Å²) in [7, 11) is 1.57. The third-order valence-electron chi connectivity index (χ3n) is 2.86. The Labute approximate surface area is 120 Å². The Hall–Kier alpha value is -1.66. The minimum Gasteiger partial charge on any atom is -0.397 e. The summed E-state index contributed by atoms with van der Waals surface area (Å²) in [6.45, 7) is 4.06. The number of carbonyl (C=O) groups is 1.